The zero-order valence-corrected chi connectivity index (χ0v) is 17.8. The van der Waals surface area contributed by atoms with Crippen LogP contribution < -0.4 is 10.3 Å². The molecule has 3 aromatic rings. The number of aromatic amines is 1. The molecule has 3 rings (SSSR count). The van der Waals surface area contributed by atoms with Gasteiger partial charge in [0.25, 0.3) is 5.56 Å². The highest BCUT2D eigenvalue weighted by atomic mass is 35.5. The minimum atomic E-state index is -0.548. The number of nitrogens with zero attached hydrogens (tertiary/aromatic N) is 3. The van der Waals surface area contributed by atoms with E-state index in [0.717, 1.165) is 29.7 Å². The molecule has 0 saturated heterocycles. The van der Waals surface area contributed by atoms with E-state index in [-0.39, 0.29) is 11.4 Å². The van der Waals surface area contributed by atoms with Crippen LogP contribution in [0.2, 0.25) is 0 Å². The van der Waals surface area contributed by atoms with Crippen LogP contribution in [-0.4, -0.2) is 43.4 Å². The third kappa shape index (κ3) is 4.62. The minimum Gasteiger partial charge on any atom is -0.493 e. The van der Waals surface area contributed by atoms with Crippen molar-refractivity contribution in [1.82, 2.24) is 19.7 Å². The van der Waals surface area contributed by atoms with E-state index in [1.165, 1.54) is 0 Å². The van der Waals surface area contributed by atoms with Gasteiger partial charge in [0.05, 0.1) is 24.0 Å². The quantitative estimate of drug-likeness (QED) is 0.520. The Kier molecular flexibility index (Phi) is 6.92. The van der Waals surface area contributed by atoms with Crippen molar-refractivity contribution in [2.45, 2.75) is 45.6 Å². The summed E-state index contributed by atoms with van der Waals surface area (Å²) < 4.78 is 7.36. The van der Waals surface area contributed by atoms with Crippen molar-refractivity contribution < 1.29 is 9.84 Å². The first-order chi connectivity index (χ1) is 14.0. The molecule has 156 valence electrons. The monoisotopic (exact) mass is 418 g/mol. The Hall–Kier alpha value is -2.38. The highest BCUT2D eigenvalue weighted by molar-refractivity contribution is 6.18. The molecule has 0 amide bonds. The summed E-state index contributed by atoms with van der Waals surface area (Å²) in [6.45, 7) is 4.48. The van der Waals surface area contributed by atoms with Crippen molar-refractivity contribution in [1.29, 1.82) is 0 Å². The Morgan fingerprint density at radius 3 is 2.79 bits per heavy atom. The molecule has 0 aliphatic heterocycles. The SMILES string of the molecule is CCCc1nn(C)c2c(=O)[nH]c(-c3cc(CCC(O)CCl)ccc3OCC)nc12. The lowest BCUT2D eigenvalue weighted by Gasteiger charge is -2.13. The number of nitrogens with one attached hydrogen (secondary N) is 1. The second-order valence-corrected chi connectivity index (χ2v) is 7.35. The Morgan fingerprint density at radius 2 is 2.10 bits per heavy atom. The lowest BCUT2D eigenvalue weighted by molar-refractivity contribution is 0.188. The van der Waals surface area contributed by atoms with Crippen LogP contribution in [0, 0.1) is 0 Å². The minimum absolute atomic E-state index is 0.205. The number of hydrogen-bond acceptors (Lipinski definition) is 5. The van der Waals surface area contributed by atoms with Crippen LogP contribution >= 0.6 is 11.6 Å². The highest BCUT2D eigenvalue weighted by Gasteiger charge is 2.18. The Morgan fingerprint density at radius 1 is 1.31 bits per heavy atom. The first-order valence-corrected chi connectivity index (χ1v) is 10.5. The topological polar surface area (TPSA) is 93.0 Å². The molecular formula is C21H27ClN4O3. The number of aliphatic hydroxyl groups excluding tert-OH is 1. The fourth-order valence-electron chi connectivity index (χ4n) is 3.39. The molecular weight excluding hydrogens is 392 g/mol. The molecule has 0 radical (unpaired) electrons. The number of fused-ring (bicyclic) bond motifs is 1. The molecule has 0 saturated carbocycles. The van der Waals surface area contributed by atoms with Crippen molar-refractivity contribution in [3.05, 3.63) is 39.8 Å². The van der Waals surface area contributed by atoms with Gasteiger partial charge in [0.2, 0.25) is 0 Å². The average molecular weight is 419 g/mol. The van der Waals surface area contributed by atoms with E-state index >= 15 is 0 Å². The van der Waals surface area contributed by atoms with E-state index in [0.29, 0.717) is 42.1 Å². The summed E-state index contributed by atoms with van der Waals surface area (Å²) in [5.41, 5.74) is 3.41. The molecule has 0 spiro atoms. The largest absolute Gasteiger partial charge is 0.493 e. The number of rotatable bonds is 9. The lowest BCUT2D eigenvalue weighted by Crippen LogP contribution is -2.13. The Balaban J connectivity index is 2.11. The van der Waals surface area contributed by atoms with E-state index < -0.39 is 6.10 Å². The molecule has 7 nitrogen and oxygen atoms in total. The van der Waals surface area contributed by atoms with E-state index in [1.54, 1.807) is 11.7 Å². The molecule has 1 unspecified atom stereocenters. The number of hydrogen-bond donors (Lipinski definition) is 2. The standard InChI is InChI=1S/C21H27ClN4O3/c1-4-6-16-18-19(26(3)25-16)21(28)24-20(23-18)15-11-13(7-9-14(27)12-22)8-10-17(15)29-5-2/h8,10-11,14,27H,4-7,9,12H2,1-3H3,(H,23,24,28). The molecule has 2 heterocycles. The van der Waals surface area contributed by atoms with Gasteiger partial charge in [-0.2, -0.15) is 5.10 Å². The molecule has 0 fully saturated rings. The maximum atomic E-state index is 12.8. The summed E-state index contributed by atoms with van der Waals surface area (Å²) in [6, 6.07) is 5.78. The van der Waals surface area contributed by atoms with E-state index in [9.17, 15) is 9.90 Å². The average Bonchev–Trinajstić information content (AvgIpc) is 3.03. The van der Waals surface area contributed by atoms with Crippen LogP contribution in [0.4, 0.5) is 0 Å². The number of halogens is 1. The van der Waals surface area contributed by atoms with Crippen LogP contribution in [0.3, 0.4) is 0 Å². The summed E-state index contributed by atoms with van der Waals surface area (Å²) in [5, 5.41) is 14.2. The lowest BCUT2D eigenvalue weighted by atomic mass is 10.0. The Labute approximate surface area is 174 Å². The van der Waals surface area contributed by atoms with Crippen LogP contribution in [-0.2, 0) is 19.9 Å². The highest BCUT2D eigenvalue weighted by Crippen LogP contribution is 2.30. The summed E-state index contributed by atoms with van der Waals surface area (Å²) in [6.07, 6.45) is 2.34. The number of aliphatic hydroxyl groups is 1. The van der Waals surface area contributed by atoms with E-state index in [1.807, 2.05) is 25.1 Å². The molecule has 0 bridgehead atoms. The predicted octanol–water partition coefficient (Wildman–Crippen LogP) is 3.21. The van der Waals surface area contributed by atoms with Crippen molar-refractivity contribution in [3.63, 3.8) is 0 Å². The molecule has 0 aliphatic rings. The van der Waals surface area contributed by atoms with Crippen molar-refractivity contribution in [3.8, 4) is 17.1 Å². The zero-order valence-electron chi connectivity index (χ0n) is 17.0. The number of aromatic nitrogens is 4. The first-order valence-electron chi connectivity index (χ1n) is 9.94. The number of alkyl halides is 1. The third-order valence-corrected chi connectivity index (χ3v) is 5.15. The van der Waals surface area contributed by atoms with Gasteiger partial charge >= 0.3 is 0 Å². The van der Waals surface area contributed by atoms with Gasteiger partial charge < -0.3 is 14.8 Å². The number of ether oxygens (including phenoxy) is 1. The zero-order chi connectivity index (χ0) is 21.0. The van der Waals surface area contributed by atoms with Crippen LogP contribution in [0.1, 0.15) is 37.9 Å². The number of aryl methyl sites for hydroxylation is 3. The van der Waals surface area contributed by atoms with Crippen molar-refractivity contribution in [2.24, 2.45) is 7.05 Å². The summed E-state index contributed by atoms with van der Waals surface area (Å²) in [7, 11) is 1.76. The smallest absolute Gasteiger partial charge is 0.277 e. The fourth-order valence-corrected chi connectivity index (χ4v) is 3.54. The van der Waals surface area contributed by atoms with Gasteiger partial charge in [-0.05, 0) is 43.9 Å². The van der Waals surface area contributed by atoms with Gasteiger partial charge in [0.15, 0.2) is 5.52 Å². The van der Waals surface area contributed by atoms with Crippen molar-refractivity contribution >= 4 is 22.6 Å². The molecule has 0 aliphatic carbocycles. The van der Waals surface area contributed by atoms with Gasteiger partial charge in [-0.25, -0.2) is 4.98 Å². The maximum absolute atomic E-state index is 12.8. The maximum Gasteiger partial charge on any atom is 0.277 e. The third-order valence-electron chi connectivity index (χ3n) is 4.79. The van der Waals surface area contributed by atoms with Crippen LogP contribution in [0.5, 0.6) is 5.75 Å². The second-order valence-electron chi connectivity index (χ2n) is 7.04. The van der Waals surface area contributed by atoms with E-state index in [2.05, 4.69) is 17.0 Å². The molecule has 8 heteroatoms. The summed E-state index contributed by atoms with van der Waals surface area (Å²) in [4.78, 5) is 20.4. The van der Waals surface area contributed by atoms with Gasteiger partial charge in [-0.3, -0.25) is 9.48 Å². The number of benzene rings is 1. The summed E-state index contributed by atoms with van der Waals surface area (Å²) >= 11 is 5.70. The van der Waals surface area contributed by atoms with E-state index in [4.69, 9.17) is 21.3 Å². The first kappa shape index (κ1) is 21.3. The van der Waals surface area contributed by atoms with Gasteiger partial charge in [-0.15, -0.1) is 11.6 Å². The molecule has 2 N–H and O–H groups in total. The summed E-state index contributed by atoms with van der Waals surface area (Å²) in [5.74, 6) is 1.31. The van der Waals surface area contributed by atoms with Crippen LogP contribution in [0.25, 0.3) is 22.4 Å². The fraction of sp³-hybridized carbons (Fsp3) is 0.476. The van der Waals surface area contributed by atoms with Crippen molar-refractivity contribution in [2.75, 3.05) is 12.5 Å². The van der Waals surface area contributed by atoms with Gasteiger partial charge in [0.1, 0.15) is 17.1 Å². The normalized spacial score (nSPS) is 12.4. The molecule has 1 atom stereocenters. The van der Waals surface area contributed by atoms with Gasteiger partial charge in [0, 0.05) is 12.9 Å². The van der Waals surface area contributed by atoms with Crippen LogP contribution in [0.15, 0.2) is 23.0 Å². The molecule has 1 aromatic carbocycles. The molecule has 2 aromatic heterocycles. The predicted molar refractivity (Wildman–Crippen MR) is 115 cm³/mol. The second kappa shape index (κ2) is 9.41. The Bertz CT molecular complexity index is 1040. The number of H-pyrrole nitrogens is 1. The molecule has 29 heavy (non-hydrogen) atoms. The van der Waals surface area contributed by atoms with Gasteiger partial charge in [-0.1, -0.05) is 19.4 Å².